The Balaban J connectivity index is 2.50. The van der Waals surface area contributed by atoms with Gasteiger partial charge in [-0.25, -0.2) is 14.2 Å². The normalized spacial score (nSPS) is 10.4. The van der Waals surface area contributed by atoms with Crippen LogP contribution in [0.2, 0.25) is 0 Å². The van der Waals surface area contributed by atoms with Crippen molar-refractivity contribution in [2.24, 2.45) is 0 Å². The van der Waals surface area contributed by atoms with Crippen LogP contribution in [-0.2, 0) is 9.53 Å². The molecule has 1 rings (SSSR count). The van der Waals surface area contributed by atoms with Crippen LogP contribution in [0, 0.1) is 0 Å². The highest BCUT2D eigenvalue weighted by molar-refractivity contribution is 5.86. The first-order chi connectivity index (χ1) is 12.4. The molecule has 144 valence electrons. The maximum atomic E-state index is 12.2. The van der Waals surface area contributed by atoms with Crippen molar-refractivity contribution in [2.45, 2.75) is 52.4 Å². The third-order valence-electron chi connectivity index (χ3n) is 3.55. The maximum Gasteiger partial charge on any atom is 0.335 e. The average Bonchev–Trinajstić information content (AvgIpc) is 2.59. The summed E-state index contributed by atoms with van der Waals surface area (Å²) in [6.45, 7) is 7.64. The van der Waals surface area contributed by atoms with Crippen molar-refractivity contribution >= 4 is 11.9 Å². The summed E-state index contributed by atoms with van der Waals surface area (Å²) in [6, 6.07) is 0. The summed E-state index contributed by atoms with van der Waals surface area (Å²) in [5.41, 5.74) is -1.08. The van der Waals surface area contributed by atoms with E-state index in [-0.39, 0.29) is 18.8 Å². The number of aromatic amines is 1. The summed E-state index contributed by atoms with van der Waals surface area (Å²) in [4.78, 5) is 49.0. The number of hydrogen-bond donors (Lipinski definition) is 1. The van der Waals surface area contributed by atoms with Crippen molar-refractivity contribution in [1.29, 1.82) is 0 Å². The maximum absolute atomic E-state index is 12.2. The van der Waals surface area contributed by atoms with Crippen molar-refractivity contribution in [3.8, 4) is 5.75 Å². The molecule has 0 aliphatic rings. The van der Waals surface area contributed by atoms with Crippen molar-refractivity contribution in [2.75, 3.05) is 13.2 Å². The van der Waals surface area contributed by atoms with Gasteiger partial charge in [0.1, 0.15) is 0 Å². The molecule has 0 atom stereocenters. The first kappa shape index (κ1) is 21.4. The number of H-pyrrole nitrogens is 1. The number of unbranched alkanes of at least 4 members (excludes halogenated alkanes) is 3. The fourth-order valence-electron chi connectivity index (χ4n) is 2.03. The molecule has 0 amide bonds. The summed E-state index contributed by atoms with van der Waals surface area (Å²) in [7, 11) is 0. The van der Waals surface area contributed by atoms with Crippen LogP contribution in [0.5, 0.6) is 5.75 Å². The molecule has 0 saturated heterocycles. The number of nitrogens with zero attached hydrogens (tertiary/aromatic N) is 1. The van der Waals surface area contributed by atoms with Gasteiger partial charge < -0.3 is 9.47 Å². The molecule has 26 heavy (non-hydrogen) atoms. The number of carbonyl (C=O) groups excluding carboxylic acids is 2. The zero-order valence-corrected chi connectivity index (χ0v) is 15.3. The number of aromatic nitrogens is 2. The molecule has 1 heterocycles. The second-order valence-corrected chi connectivity index (χ2v) is 5.95. The molecule has 8 heteroatoms. The molecule has 1 aromatic rings. The summed E-state index contributed by atoms with van der Waals surface area (Å²) < 4.78 is 11.1. The Bertz CT molecular complexity index is 747. The van der Waals surface area contributed by atoms with Crippen LogP contribution in [0.3, 0.4) is 0 Å². The molecule has 0 aliphatic heterocycles. The highest BCUT2D eigenvalue weighted by Gasteiger charge is 2.12. The molecule has 0 fully saturated rings. The molecule has 0 aliphatic carbocycles. The zero-order valence-electron chi connectivity index (χ0n) is 15.3. The van der Waals surface area contributed by atoms with Gasteiger partial charge >= 0.3 is 11.7 Å². The van der Waals surface area contributed by atoms with Crippen LogP contribution < -0.4 is 16.0 Å². The van der Waals surface area contributed by atoms with Gasteiger partial charge in [0.2, 0.25) is 11.7 Å². The van der Waals surface area contributed by atoms with E-state index >= 15 is 0 Å². The topological polar surface area (TPSA) is 107 Å². The highest BCUT2D eigenvalue weighted by Crippen LogP contribution is 2.05. The minimum absolute atomic E-state index is 0.0434. The summed E-state index contributed by atoms with van der Waals surface area (Å²) in [5.74, 6) is -0.903. The van der Waals surface area contributed by atoms with Crippen LogP contribution in [-0.4, -0.2) is 34.6 Å². The van der Waals surface area contributed by atoms with Gasteiger partial charge in [0.25, 0.3) is 5.56 Å². The van der Waals surface area contributed by atoms with Crippen molar-refractivity contribution in [3.05, 3.63) is 39.2 Å². The van der Waals surface area contributed by atoms with E-state index in [1.165, 1.54) is 0 Å². The zero-order chi connectivity index (χ0) is 19.5. The fourth-order valence-corrected chi connectivity index (χ4v) is 2.03. The van der Waals surface area contributed by atoms with Gasteiger partial charge in [0.15, 0.2) is 0 Å². The van der Waals surface area contributed by atoms with Crippen molar-refractivity contribution in [3.63, 3.8) is 0 Å². The first-order valence-corrected chi connectivity index (χ1v) is 8.71. The Labute approximate surface area is 151 Å². The van der Waals surface area contributed by atoms with Crippen molar-refractivity contribution < 1.29 is 19.1 Å². The van der Waals surface area contributed by atoms with Crippen molar-refractivity contribution in [1.82, 2.24) is 9.55 Å². The predicted octanol–water partition coefficient (Wildman–Crippen LogP) is 2.04. The number of nitrogens with one attached hydrogen (secondary N) is 1. The van der Waals surface area contributed by atoms with Gasteiger partial charge in [0.05, 0.1) is 19.4 Å². The van der Waals surface area contributed by atoms with Gasteiger partial charge in [-0.3, -0.25) is 14.6 Å². The highest BCUT2D eigenvalue weighted by atomic mass is 16.5. The molecule has 1 N–H and O–H groups in total. The van der Waals surface area contributed by atoms with Crippen LogP contribution in [0.4, 0.5) is 0 Å². The largest absolute Gasteiger partial charge is 0.487 e. The van der Waals surface area contributed by atoms with Crippen LogP contribution >= 0.6 is 0 Å². The quantitative estimate of drug-likeness (QED) is 0.365. The predicted molar refractivity (Wildman–Crippen MR) is 96.6 cm³/mol. The van der Waals surface area contributed by atoms with Crippen LogP contribution in [0.15, 0.2) is 27.9 Å². The van der Waals surface area contributed by atoms with Crippen LogP contribution in [0.25, 0.3) is 0 Å². The Morgan fingerprint density at radius 3 is 2.54 bits per heavy atom. The summed E-state index contributed by atoms with van der Waals surface area (Å²) in [6.07, 6.45) is 4.75. The molecule has 0 bridgehead atoms. The average molecular weight is 366 g/mol. The monoisotopic (exact) mass is 366 g/mol. The second kappa shape index (κ2) is 11.1. The number of rotatable bonds is 11. The number of hydrogen-bond acceptors (Lipinski definition) is 6. The van der Waals surface area contributed by atoms with E-state index in [1.54, 1.807) is 6.92 Å². The minimum atomic E-state index is -0.779. The van der Waals surface area contributed by atoms with Gasteiger partial charge in [-0.15, -0.1) is 0 Å². The molecule has 8 nitrogen and oxygen atoms in total. The fraction of sp³-hybridized carbons (Fsp3) is 0.556. The molecule has 1 aromatic heterocycles. The Hall–Kier alpha value is -2.64. The van der Waals surface area contributed by atoms with Gasteiger partial charge in [-0.05, 0) is 32.6 Å². The Morgan fingerprint density at radius 1 is 1.15 bits per heavy atom. The summed E-state index contributed by atoms with van der Waals surface area (Å²) in [5, 5.41) is 0. The Morgan fingerprint density at radius 2 is 1.88 bits per heavy atom. The minimum Gasteiger partial charge on any atom is -0.487 e. The third kappa shape index (κ3) is 7.08. The smallest absolute Gasteiger partial charge is 0.335 e. The molecule has 0 radical (unpaired) electrons. The third-order valence-corrected chi connectivity index (χ3v) is 3.55. The first-order valence-electron chi connectivity index (χ1n) is 8.71. The molecule has 0 spiro atoms. The molecular formula is C18H26N2O6. The number of esters is 1. The van der Waals surface area contributed by atoms with E-state index in [0.29, 0.717) is 31.4 Å². The molecule has 0 unspecified atom stereocenters. The molecule has 0 aromatic carbocycles. The van der Waals surface area contributed by atoms with E-state index in [0.717, 1.165) is 23.6 Å². The van der Waals surface area contributed by atoms with E-state index < -0.39 is 23.1 Å². The van der Waals surface area contributed by atoms with Crippen LogP contribution in [0.1, 0.15) is 57.2 Å². The van der Waals surface area contributed by atoms with E-state index in [4.69, 9.17) is 9.47 Å². The van der Waals surface area contributed by atoms with Gasteiger partial charge in [-0.2, -0.15) is 0 Å². The van der Waals surface area contributed by atoms with E-state index in [1.807, 2.05) is 6.92 Å². The lowest BCUT2D eigenvalue weighted by Crippen LogP contribution is -2.34. The SMILES string of the molecule is C=C(C)C(=O)OCCCCCC(=O)n1cc(OCCCC)c(=O)[nH]c1=O. The van der Waals surface area contributed by atoms with Gasteiger partial charge in [-0.1, -0.05) is 19.9 Å². The number of carbonyl (C=O) groups is 2. The van der Waals surface area contributed by atoms with E-state index in [9.17, 15) is 19.2 Å². The second-order valence-electron chi connectivity index (χ2n) is 5.95. The molecule has 0 saturated carbocycles. The Kier molecular flexibility index (Phi) is 9.11. The lowest BCUT2D eigenvalue weighted by atomic mass is 10.2. The van der Waals surface area contributed by atoms with E-state index in [2.05, 4.69) is 11.6 Å². The number of ether oxygens (including phenoxy) is 2. The van der Waals surface area contributed by atoms with Gasteiger partial charge in [0, 0.05) is 12.0 Å². The lowest BCUT2D eigenvalue weighted by Gasteiger charge is -2.08. The summed E-state index contributed by atoms with van der Waals surface area (Å²) >= 11 is 0. The standard InChI is InChI=1S/C18H26N2O6/c1-4-5-10-25-14-12-20(18(24)19-16(14)22)15(21)9-7-6-8-11-26-17(23)13(2)3/h12H,2,4-11H2,1,3H3,(H,19,22,24). The lowest BCUT2D eigenvalue weighted by molar-refractivity contribution is -0.139. The molecular weight excluding hydrogens is 340 g/mol.